The fourth-order valence-corrected chi connectivity index (χ4v) is 4.32. The minimum atomic E-state index is -0.453. The van der Waals surface area contributed by atoms with E-state index < -0.39 is 11.8 Å². The van der Waals surface area contributed by atoms with E-state index in [0.29, 0.717) is 45.7 Å². The number of methoxy groups -OCH3 is 2. The molecule has 33 heavy (non-hydrogen) atoms. The molecule has 0 unspecified atom stereocenters. The van der Waals surface area contributed by atoms with Crippen molar-refractivity contribution in [1.82, 2.24) is 0 Å². The Hall–Kier alpha value is -3.78. The first kappa shape index (κ1) is 22.4. The molecule has 3 aromatic rings. The highest BCUT2D eigenvalue weighted by atomic mass is 32.1. The van der Waals surface area contributed by atoms with Crippen molar-refractivity contribution >= 4 is 40.1 Å². The van der Waals surface area contributed by atoms with Gasteiger partial charge in [0, 0.05) is 16.6 Å². The number of rotatable bonds is 9. The zero-order valence-corrected chi connectivity index (χ0v) is 19.4. The summed E-state index contributed by atoms with van der Waals surface area (Å²) in [5.41, 5.74) is 1.52. The van der Waals surface area contributed by atoms with E-state index in [-0.39, 0.29) is 5.70 Å². The maximum atomic E-state index is 13.6. The van der Waals surface area contributed by atoms with E-state index in [9.17, 15) is 9.59 Å². The summed E-state index contributed by atoms with van der Waals surface area (Å²) in [7, 11) is 3.09. The Bertz CT molecular complexity index is 1200. The van der Waals surface area contributed by atoms with Crippen LogP contribution in [0.4, 0.5) is 11.4 Å². The number of nitrogens with one attached hydrogen (secondary N) is 1. The Balaban J connectivity index is 1.77. The molecule has 0 bridgehead atoms. The first-order chi connectivity index (χ1) is 16.1. The van der Waals surface area contributed by atoms with Crippen LogP contribution in [0.1, 0.15) is 18.2 Å². The fraction of sp³-hybridized carbons (Fsp3) is 0.200. The van der Waals surface area contributed by atoms with E-state index in [4.69, 9.17) is 14.2 Å². The molecule has 4 rings (SSSR count). The van der Waals surface area contributed by atoms with E-state index in [2.05, 4.69) is 5.32 Å². The van der Waals surface area contributed by atoms with Crippen LogP contribution in [0.2, 0.25) is 0 Å². The van der Waals surface area contributed by atoms with Gasteiger partial charge >= 0.3 is 0 Å². The standard InChI is InChI=1S/C25H24N2O5S/c1-4-13-32-18-9-6-5-8-17(18)27-24(28)22(21-10-7-14-33-21)23(25(27)29)26-16-11-12-19(30-2)20(15-16)31-3/h5-12,14-15,26H,4,13H2,1-3H3. The molecule has 1 aliphatic rings. The molecule has 170 valence electrons. The topological polar surface area (TPSA) is 77.1 Å². The van der Waals surface area contributed by atoms with Gasteiger partial charge in [0.25, 0.3) is 11.8 Å². The van der Waals surface area contributed by atoms with Crippen molar-refractivity contribution in [3.8, 4) is 17.2 Å². The number of amides is 2. The second-order valence-electron chi connectivity index (χ2n) is 7.18. The molecule has 2 aromatic carbocycles. The Labute approximate surface area is 196 Å². The lowest BCUT2D eigenvalue weighted by atomic mass is 10.1. The molecule has 2 amide bonds. The lowest BCUT2D eigenvalue weighted by molar-refractivity contribution is -0.120. The third-order valence-electron chi connectivity index (χ3n) is 5.07. The largest absolute Gasteiger partial charge is 0.493 e. The van der Waals surface area contributed by atoms with Gasteiger partial charge in [-0.05, 0) is 42.1 Å². The molecule has 0 spiro atoms. The van der Waals surface area contributed by atoms with Gasteiger partial charge in [0.1, 0.15) is 11.4 Å². The van der Waals surface area contributed by atoms with Gasteiger partial charge in [-0.2, -0.15) is 0 Å². The summed E-state index contributed by atoms with van der Waals surface area (Å²) in [5, 5.41) is 5.02. The molecule has 0 radical (unpaired) electrons. The molecule has 0 saturated carbocycles. The Morgan fingerprint density at radius 2 is 1.70 bits per heavy atom. The van der Waals surface area contributed by atoms with Crippen molar-refractivity contribution in [3.63, 3.8) is 0 Å². The normalized spacial score (nSPS) is 13.5. The number of thiophene rings is 1. The highest BCUT2D eigenvalue weighted by molar-refractivity contribution is 7.11. The first-order valence-corrected chi connectivity index (χ1v) is 11.3. The van der Waals surface area contributed by atoms with Crippen molar-refractivity contribution in [3.05, 3.63) is 70.6 Å². The van der Waals surface area contributed by atoms with Crippen LogP contribution in [0.15, 0.2) is 65.7 Å². The quantitative estimate of drug-likeness (QED) is 0.452. The van der Waals surface area contributed by atoms with Gasteiger partial charge in [-0.3, -0.25) is 9.59 Å². The summed E-state index contributed by atoms with van der Waals surface area (Å²) in [5.74, 6) is 0.698. The van der Waals surface area contributed by atoms with Crippen LogP contribution < -0.4 is 24.4 Å². The van der Waals surface area contributed by atoms with E-state index in [0.717, 1.165) is 6.42 Å². The number of anilines is 2. The molecule has 0 atom stereocenters. The van der Waals surface area contributed by atoms with Gasteiger partial charge in [0.2, 0.25) is 0 Å². The van der Waals surface area contributed by atoms with Crippen LogP contribution in [-0.4, -0.2) is 32.6 Å². The zero-order chi connectivity index (χ0) is 23.4. The summed E-state index contributed by atoms with van der Waals surface area (Å²) in [6.45, 7) is 2.48. The van der Waals surface area contributed by atoms with Crippen molar-refractivity contribution < 1.29 is 23.8 Å². The molecule has 0 fully saturated rings. The molecule has 2 heterocycles. The van der Waals surface area contributed by atoms with Gasteiger partial charge in [0.15, 0.2) is 11.5 Å². The number of hydrogen-bond donors (Lipinski definition) is 1. The fourth-order valence-electron chi connectivity index (χ4n) is 3.55. The number of imide groups is 1. The van der Waals surface area contributed by atoms with E-state index in [1.54, 1.807) is 43.5 Å². The molecular formula is C25H24N2O5S. The molecule has 1 aromatic heterocycles. The third kappa shape index (κ3) is 4.29. The number of carbonyl (C=O) groups excluding carboxylic acids is 2. The Morgan fingerprint density at radius 1 is 0.909 bits per heavy atom. The van der Waals surface area contributed by atoms with Gasteiger partial charge < -0.3 is 19.5 Å². The van der Waals surface area contributed by atoms with Crippen LogP contribution in [0.25, 0.3) is 5.57 Å². The van der Waals surface area contributed by atoms with Crippen LogP contribution in [-0.2, 0) is 9.59 Å². The summed E-state index contributed by atoms with van der Waals surface area (Å²) in [4.78, 5) is 29.1. The van der Waals surface area contributed by atoms with Crippen LogP contribution in [0, 0.1) is 0 Å². The van der Waals surface area contributed by atoms with E-state index in [1.165, 1.54) is 23.3 Å². The molecule has 1 N–H and O–H groups in total. The highest BCUT2D eigenvalue weighted by Crippen LogP contribution is 2.39. The molecular weight excluding hydrogens is 440 g/mol. The SMILES string of the molecule is CCCOc1ccccc1N1C(=O)C(Nc2ccc(OC)c(OC)c2)=C(c2cccs2)C1=O. The predicted octanol–water partition coefficient (Wildman–Crippen LogP) is 4.95. The van der Waals surface area contributed by atoms with Crippen molar-refractivity contribution in [1.29, 1.82) is 0 Å². The summed E-state index contributed by atoms with van der Waals surface area (Å²) >= 11 is 1.40. The minimum Gasteiger partial charge on any atom is -0.493 e. The lowest BCUT2D eigenvalue weighted by Crippen LogP contribution is -2.32. The third-order valence-corrected chi connectivity index (χ3v) is 5.96. The van der Waals surface area contributed by atoms with Crippen LogP contribution >= 0.6 is 11.3 Å². The first-order valence-electron chi connectivity index (χ1n) is 10.5. The van der Waals surface area contributed by atoms with Crippen molar-refractivity contribution in [2.45, 2.75) is 13.3 Å². The van der Waals surface area contributed by atoms with Crippen molar-refractivity contribution in [2.24, 2.45) is 0 Å². The zero-order valence-electron chi connectivity index (χ0n) is 18.6. The maximum Gasteiger partial charge on any atom is 0.282 e. The Morgan fingerprint density at radius 3 is 2.39 bits per heavy atom. The van der Waals surface area contributed by atoms with Gasteiger partial charge in [0.05, 0.1) is 32.1 Å². The number of hydrogen-bond acceptors (Lipinski definition) is 7. The van der Waals surface area contributed by atoms with Crippen LogP contribution in [0.5, 0.6) is 17.2 Å². The average Bonchev–Trinajstić information content (AvgIpc) is 3.44. The van der Waals surface area contributed by atoms with E-state index >= 15 is 0 Å². The number of para-hydroxylation sites is 2. The number of carbonyl (C=O) groups is 2. The molecule has 7 nitrogen and oxygen atoms in total. The van der Waals surface area contributed by atoms with Gasteiger partial charge in [-0.25, -0.2) is 4.90 Å². The number of ether oxygens (including phenoxy) is 3. The molecule has 8 heteroatoms. The van der Waals surface area contributed by atoms with Crippen LogP contribution in [0.3, 0.4) is 0 Å². The monoisotopic (exact) mass is 464 g/mol. The second kappa shape index (κ2) is 9.79. The molecule has 0 saturated heterocycles. The summed E-state index contributed by atoms with van der Waals surface area (Å²) in [6.07, 6.45) is 0.807. The second-order valence-corrected chi connectivity index (χ2v) is 8.13. The lowest BCUT2D eigenvalue weighted by Gasteiger charge is -2.19. The molecule has 1 aliphatic heterocycles. The van der Waals surface area contributed by atoms with Gasteiger partial charge in [-0.1, -0.05) is 25.1 Å². The Kier molecular flexibility index (Phi) is 6.65. The smallest absolute Gasteiger partial charge is 0.282 e. The minimum absolute atomic E-state index is 0.194. The molecule has 0 aliphatic carbocycles. The highest BCUT2D eigenvalue weighted by Gasteiger charge is 2.41. The van der Waals surface area contributed by atoms with E-state index in [1.807, 2.05) is 30.5 Å². The summed E-state index contributed by atoms with van der Waals surface area (Å²) < 4.78 is 16.5. The summed E-state index contributed by atoms with van der Waals surface area (Å²) in [6, 6.07) is 16.0. The van der Waals surface area contributed by atoms with Gasteiger partial charge in [-0.15, -0.1) is 11.3 Å². The predicted molar refractivity (Wildman–Crippen MR) is 129 cm³/mol. The maximum absolute atomic E-state index is 13.6. The average molecular weight is 465 g/mol. The van der Waals surface area contributed by atoms with Crippen molar-refractivity contribution in [2.75, 3.05) is 31.0 Å². The number of nitrogens with zero attached hydrogens (tertiary/aromatic N) is 1. The number of benzene rings is 2.